The minimum absolute atomic E-state index is 0.122. The van der Waals surface area contributed by atoms with Crippen LogP contribution in [0.15, 0.2) is 82.4 Å². The Bertz CT molecular complexity index is 1610. The number of rotatable bonds is 1. The minimum atomic E-state index is -0.790. The normalized spacial score (nSPS) is 14.8. The van der Waals surface area contributed by atoms with Crippen molar-refractivity contribution in [3.05, 3.63) is 110 Å². The molecule has 0 spiro atoms. The molecule has 6 rings (SSSR count). The number of nitrogens with one attached hydrogen (secondary N) is 2. The van der Waals surface area contributed by atoms with Crippen LogP contribution in [0.25, 0.3) is 21.8 Å². The zero-order chi connectivity index (χ0) is 21.1. The Hall–Kier alpha value is -4.32. The molecule has 1 unspecified atom stereocenters. The highest BCUT2D eigenvalue weighted by molar-refractivity contribution is 5.89. The Balaban J connectivity index is 1.77. The van der Waals surface area contributed by atoms with Crippen molar-refractivity contribution in [1.82, 2.24) is 9.97 Å². The van der Waals surface area contributed by atoms with Crippen molar-refractivity contribution in [2.24, 2.45) is 0 Å². The molecule has 1 aliphatic heterocycles. The second kappa shape index (κ2) is 6.34. The molecule has 3 N–H and O–H groups in total. The zero-order valence-corrected chi connectivity index (χ0v) is 16.2. The van der Waals surface area contributed by atoms with E-state index in [1.54, 1.807) is 36.4 Å². The Kier molecular flexibility index (Phi) is 3.58. The average molecular weight is 408 g/mol. The Morgan fingerprint density at radius 2 is 1.29 bits per heavy atom. The number of fused-ring (bicyclic) bond motifs is 5. The van der Waals surface area contributed by atoms with Gasteiger partial charge in [0.15, 0.2) is 0 Å². The Morgan fingerprint density at radius 1 is 0.710 bits per heavy atom. The lowest BCUT2D eigenvalue weighted by Crippen LogP contribution is -2.27. The summed E-state index contributed by atoms with van der Waals surface area (Å²) >= 11 is 0. The van der Waals surface area contributed by atoms with Crippen LogP contribution in [0.2, 0.25) is 0 Å². The molecule has 31 heavy (non-hydrogen) atoms. The first-order valence-electron chi connectivity index (χ1n) is 9.89. The van der Waals surface area contributed by atoms with Crippen molar-refractivity contribution in [2.45, 2.75) is 5.92 Å². The van der Waals surface area contributed by atoms with Gasteiger partial charge < -0.3 is 19.8 Å². The molecule has 1 aliphatic rings. The molecule has 5 aromatic rings. The summed E-state index contributed by atoms with van der Waals surface area (Å²) in [5, 5.41) is 12.4. The van der Waals surface area contributed by atoms with Gasteiger partial charge in [-0.1, -0.05) is 42.5 Å². The van der Waals surface area contributed by atoms with Gasteiger partial charge in [0.1, 0.15) is 17.2 Å². The summed E-state index contributed by atoms with van der Waals surface area (Å²) in [5.74, 6) is 0.0129. The summed E-state index contributed by atoms with van der Waals surface area (Å²) in [6.45, 7) is 0. The lowest BCUT2D eigenvalue weighted by molar-refractivity contribution is 0.446. The molecule has 150 valence electrons. The van der Waals surface area contributed by atoms with Crippen LogP contribution in [0.1, 0.15) is 22.6 Å². The first kappa shape index (κ1) is 17.5. The summed E-state index contributed by atoms with van der Waals surface area (Å²) < 4.78 is 6.18. The van der Waals surface area contributed by atoms with Crippen molar-refractivity contribution in [1.29, 1.82) is 0 Å². The van der Waals surface area contributed by atoms with Crippen LogP contribution < -0.4 is 15.9 Å². The van der Waals surface area contributed by atoms with E-state index in [0.717, 1.165) is 5.39 Å². The van der Waals surface area contributed by atoms with E-state index in [9.17, 15) is 14.7 Å². The maximum Gasteiger partial charge on any atom is 0.256 e. The van der Waals surface area contributed by atoms with Crippen LogP contribution in [0.3, 0.4) is 0 Å². The topological polar surface area (TPSA) is 95.2 Å². The number of H-pyrrole nitrogens is 2. The monoisotopic (exact) mass is 408 g/mol. The van der Waals surface area contributed by atoms with Gasteiger partial charge in [0.05, 0.1) is 28.1 Å². The molecular formula is C25H16N2O4. The van der Waals surface area contributed by atoms with Gasteiger partial charge in [0.2, 0.25) is 0 Å². The van der Waals surface area contributed by atoms with E-state index in [1.165, 1.54) is 0 Å². The van der Waals surface area contributed by atoms with E-state index in [0.29, 0.717) is 39.0 Å². The Labute approximate surface area is 175 Å². The van der Waals surface area contributed by atoms with Gasteiger partial charge in [-0.15, -0.1) is 0 Å². The van der Waals surface area contributed by atoms with Crippen molar-refractivity contribution in [3.8, 4) is 17.2 Å². The van der Waals surface area contributed by atoms with E-state index >= 15 is 0 Å². The van der Waals surface area contributed by atoms with E-state index < -0.39 is 11.5 Å². The standard InChI is InChI=1S/C25H16N2O4/c28-22-13-7-1-4-10-16(13)26-24(29)20(22)19-15-9-3-6-12-18(15)31-23-14-8-2-5-11-17(14)27-25(30)21(19)23/h1-12,19H,(H,27,30)(H2,26,28,29). The van der Waals surface area contributed by atoms with Crippen molar-refractivity contribution >= 4 is 21.8 Å². The molecule has 0 fully saturated rings. The maximum absolute atomic E-state index is 13.2. The third kappa shape index (κ3) is 2.45. The molecule has 6 nitrogen and oxygen atoms in total. The van der Waals surface area contributed by atoms with Gasteiger partial charge in [-0.05, 0) is 30.3 Å². The SMILES string of the molecule is O=c1[nH]c2ccccc2c(O)c1C1c2ccccc2Oc2c1c(=O)[nH]c1ccccc21. The van der Waals surface area contributed by atoms with Crippen LogP contribution >= 0.6 is 0 Å². The maximum atomic E-state index is 13.2. The number of benzene rings is 3. The van der Waals surface area contributed by atoms with Crippen molar-refractivity contribution in [2.75, 3.05) is 0 Å². The smallest absolute Gasteiger partial charge is 0.256 e. The molecule has 0 radical (unpaired) electrons. The third-order valence-corrected chi connectivity index (χ3v) is 5.86. The zero-order valence-electron chi connectivity index (χ0n) is 16.2. The molecule has 3 aromatic carbocycles. The first-order valence-corrected chi connectivity index (χ1v) is 9.89. The second-order valence-electron chi connectivity index (χ2n) is 7.58. The van der Waals surface area contributed by atoms with Gasteiger partial charge in [-0.25, -0.2) is 0 Å². The summed E-state index contributed by atoms with van der Waals surface area (Å²) in [7, 11) is 0. The highest BCUT2D eigenvalue weighted by Gasteiger charge is 2.36. The Morgan fingerprint density at radius 3 is 2.06 bits per heavy atom. The second-order valence-corrected chi connectivity index (χ2v) is 7.58. The molecule has 3 heterocycles. The average Bonchev–Trinajstić information content (AvgIpc) is 2.78. The molecule has 6 heteroatoms. The predicted octanol–water partition coefficient (Wildman–Crippen LogP) is 4.36. The number of para-hydroxylation sites is 3. The van der Waals surface area contributed by atoms with E-state index in [2.05, 4.69) is 9.97 Å². The van der Waals surface area contributed by atoms with E-state index in [-0.39, 0.29) is 16.9 Å². The van der Waals surface area contributed by atoms with Crippen LogP contribution in [-0.4, -0.2) is 15.1 Å². The van der Waals surface area contributed by atoms with Gasteiger partial charge in [-0.2, -0.15) is 0 Å². The number of aromatic hydroxyl groups is 1. The van der Waals surface area contributed by atoms with Crippen LogP contribution in [0, 0.1) is 0 Å². The summed E-state index contributed by atoms with van der Waals surface area (Å²) in [6.07, 6.45) is 0. The molecule has 0 bridgehead atoms. The predicted molar refractivity (Wildman–Crippen MR) is 118 cm³/mol. The third-order valence-electron chi connectivity index (χ3n) is 5.86. The van der Waals surface area contributed by atoms with E-state index in [1.807, 2.05) is 36.4 Å². The molecule has 0 saturated heterocycles. The lowest BCUT2D eigenvalue weighted by atomic mass is 9.82. The quantitative estimate of drug-likeness (QED) is 0.377. The van der Waals surface area contributed by atoms with Crippen LogP contribution in [0.5, 0.6) is 17.2 Å². The number of hydrogen-bond acceptors (Lipinski definition) is 4. The van der Waals surface area contributed by atoms with E-state index in [4.69, 9.17) is 4.74 Å². The molecule has 2 aromatic heterocycles. The largest absolute Gasteiger partial charge is 0.507 e. The van der Waals surface area contributed by atoms with Gasteiger partial charge in [0, 0.05) is 16.3 Å². The fourth-order valence-corrected chi connectivity index (χ4v) is 4.49. The van der Waals surface area contributed by atoms with Crippen molar-refractivity contribution < 1.29 is 9.84 Å². The molecule has 1 atom stereocenters. The van der Waals surface area contributed by atoms with Gasteiger partial charge in [-0.3, -0.25) is 9.59 Å². The minimum Gasteiger partial charge on any atom is -0.507 e. The summed E-state index contributed by atoms with van der Waals surface area (Å²) in [5.41, 5.74) is 1.43. The number of ether oxygens (including phenoxy) is 1. The molecule has 0 saturated carbocycles. The molecule has 0 aliphatic carbocycles. The summed E-state index contributed by atoms with van der Waals surface area (Å²) in [4.78, 5) is 32.1. The first-order chi connectivity index (χ1) is 15.1. The highest BCUT2D eigenvalue weighted by Crippen LogP contribution is 2.49. The number of hydrogen-bond donors (Lipinski definition) is 3. The van der Waals surface area contributed by atoms with Crippen LogP contribution in [-0.2, 0) is 0 Å². The summed E-state index contributed by atoms with van der Waals surface area (Å²) in [6, 6.07) is 21.7. The number of pyridine rings is 2. The number of aromatic amines is 2. The number of aromatic nitrogens is 2. The molecular weight excluding hydrogens is 392 g/mol. The molecule has 0 amide bonds. The lowest BCUT2D eigenvalue weighted by Gasteiger charge is -2.28. The fourth-order valence-electron chi connectivity index (χ4n) is 4.49. The highest BCUT2D eigenvalue weighted by atomic mass is 16.5. The van der Waals surface area contributed by atoms with Crippen molar-refractivity contribution in [3.63, 3.8) is 0 Å². The fraction of sp³-hybridized carbons (Fsp3) is 0.0400. The van der Waals surface area contributed by atoms with Crippen LogP contribution in [0.4, 0.5) is 0 Å². The van der Waals surface area contributed by atoms with Gasteiger partial charge in [0.25, 0.3) is 11.1 Å². The van der Waals surface area contributed by atoms with Gasteiger partial charge >= 0.3 is 0 Å².